The molecule has 0 spiro atoms. The van der Waals surface area contributed by atoms with Crippen LogP contribution in [0.2, 0.25) is 0 Å². The van der Waals surface area contributed by atoms with Gasteiger partial charge >= 0.3 is 6.09 Å². The van der Waals surface area contributed by atoms with Gasteiger partial charge in [-0.15, -0.1) is 0 Å². The maximum Gasteiger partial charge on any atom is 0.407 e. The largest absolute Gasteiger partial charge is 0.444 e. The number of alkyl carbamates (subject to hydrolysis) is 1. The molecule has 1 saturated heterocycles. The molecule has 4 nitrogen and oxygen atoms in total. The number of carbonyl (C=O) groups is 1. The van der Waals surface area contributed by atoms with Gasteiger partial charge in [0.25, 0.3) is 0 Å². The number of hydrogen-bond acceptors (Lipinski definition) is 3. The Balaban J connectivity index is 2.02. The maximum absolute atomic E-state index is 12.0. The van der Waals surface area contributed by atoms with E-state index in [1.807, 2.05) is 20.8 Å². The van der Waals surface area contributed by atoms with Gasteiger partial charge < -0.3 is 15.4 Å². The van der Waals surface area contributed by atoms with E-state index in [1.54, 1.807) is 0 Å². The van der Waals surface area contributed by atoms with Crippen molar-refractivity contribution in [1.82, 2.24) is 10.6 Å². The Morgan fingerprint density at radius 2 is 1.86 bits per heavy atom. The molecule has 0 unspecified atom stereocenters. The summed E-state index contributed by atoms with van der Waals surface area (Å²) in [7, 11) is 0. The number of benzene rings is 1. The molecule has 1 aliphatic rings. The lowest BCUT2D eigenvalue weighted by molar-refractivity contribution is 0.0504. The lowest BCUT2D eigenvalue weighted by atomic mass is 9.92. The molecule has 1 amide bonds. The van der Waals surface area contributed by atoms with E-state index in [0.29, 0.717) is 5.92 Å². The highest BCUT2D eigenvalue weighted by molar-refractivity contribution is 5.68. The molecule has 1 aromatic rings. The second kappa shape index (κ2) is 6.69. The summed E-state index contributed by atoms with van der Waals surface area (Å²) in [6.45, 7) is 11.7. The highest BCUT2D eigenvalue weighted by Crippen LogP contribution is 2.25. The summed E-state index contributed by atoms with van der Waals surface area (Å²) in [5.41, 5.74) is 2.13. The Labute approximate surface area is 133 Å². The van der Waals surface area contributed by atoms with Gasteiger partial charge in [0, 0.05) is 19.0 Å². The lowest BCUT2D eigenvalue weighted by Crippen LogP contribution is -2.42. The highest BCUT2D eigenvalue weighted by Gasteiger charge is 2.31. The minimum atomic E-state index is -0.468. The minimum absolute atomic E-state index is 0.0692. The minimum Gasteiger partial charge on any atom is -0.444 e. The lowest BCUT2D eigenvalue weighted by Gasteiger charge is -2.24. The molecule has 4 heteroatoms. The van der Waals surface area contributed by atoms with E-state index in [-0.39, 0.29) is 18.1 Å². The van der Waals surface area contributed by atoms with E-state index < -0.39 is 5.60 Å². The first-order chi connectivity index (χ1) is 10.3. The first-order valence-corrected chi connectivity index (χ1v) is 8.06. The molecule has 2 atom stereocenters. The molecule has 1 aromatic carbocycles. The molecule has 1 aliphatic heterocycles. The van der Waals surface area contributed by atoms with Crippen LogP contribution in [0.5, 0.6) is 0 Å². The summed E-state index contributed by atoms with van der Waals surface area (Å²) >= 11 is 0. The summed E-state index contributed by atoms with van der Waals surface area (Å²) in [5, 5.41) is 6.35. The number of hydrogen-bond donors (Lipinski definition) is 2. The molecule has 22 heavy (non-hydrogen) atoms. The summed E-state index contributed by atoms with van der Waals surface area (Å²) in [5.74, 6) is 0.820. The van der Waals surface area contributed by atoms with E-state index in [1.165, 1.54) is 11.1 Å². The van der Waals surface area contributed by atoms with Crippen LogP contribution in [0.1, 0.15) is 57.6 Å². The van der Waals surface area contributed by atoms with Crippen LogP contribution in [0.15, 0.2) is 24.3 Å². The number of nitrogens with one attached hydrogen (secondary N) is 2. The monoisotopic (exact) mass is 304 g/mol. The van der Waals surface area contributed by atoms with Gasteiger partial charge in [0.05, 0.1) is 6.04 Å². The average molecular weight is 304 g/mol. The van der Waals surface area contributed by atoms with Gasteiger partial charge in [0.1, 0.15) is 5.60 Å². The van der Waals surface area contributed by atoms with Crippen LogP contribution in [0.3, 0.4) is 0 Å². The van der Waals surface area contributed by atoms with Crippen molar-refractivity contribution in [1.29, 1.82) is 0 Å². The molecule has 0 aliphatic carbocycles. The van der Waals surface area contributed by atoms with Crippen molar-refractivity contribution in [2.75, 3.05) is 13.1 Å². The van der Waals surface area contributed by atoms with Gasteiger partial charge in [-0.1, -0.05) is 38.1 Å². The summed E-state index contributed by atoms with van der Waals surface area (Å²) in [6.07, 6.45) is -0.343. The molecule has 0 aromatic heterocycles. The van der Waals surface area contributed by atoms with E-state index in [0.717, 1.165) is 13.1 Å². The maximum atomic E-state index is 12.0. The Morgan fingerprint density at radius 3 is 2.41 bits per heavy atom. The second-order valence-corrected chi connectivity index (χ2v) is 7.34. The normalized spacial score (nSPS) is 21.9. The molecular weight excluding hydrogens is 276 g/mol. The molecule has 1 heterocycles. The standard InChI is InChI=1S/C18H28N2O2/c1-12(2)13-6-8-14(9-7-13)15-10-19-11-16(15)20-17(21)22-18(3,4)5/h6-9,12,15-16,19H,10-11H2,1-5H3,(H,20,21)/t15-,16-/m0/s1. The van der Waals surface area contributed by atoms with E-state index in [2.05, 4.69) is 48.7 Å². The third-order valence-corrected chi connectivity index (χ3v) is 3.95. The van der Waals surface area contributed by atoms with Crippen LogP contribution in [0, 0.1) is 0 Å². The zero-order valence-electron chi connectivity index (χ0n) is 14.3. The smallest absolute Gasteiger partial charge is 0.407 e. The highest BCUT2D eigenvalue weighted by atomic mass is 16.6. The van der Waals surface area contributed by atoms with Crippen molar-refractivity contribution in [2.24, 2.45) is 0 Å². The molecule has 2 N–H and O–H groups in total. The predicted octanol–water partition coefficient (Wildman–Crippen LogP) is 3.39. The van der Waals surface area contributed by atoms with Crippen molar-refractivity contribution in [3.05, 3.63) is 35.4 Å². The van der Waals surface area contributed by atoms with Crippen LogP contribution in [-0.4, -0.2) is 30.8 Å². The van der Waals surface area contributed by atoms with Crippen molar-refractivity contribution in [3.63, 3.8) is 0 Å². The van der Waals surface area contributed by atoms with Gasteiger partial charge in [-0.2, -0.15) is 0 Å². The Morgan fingerprint density at radius 1 is 1.23 bits per heavy atom. The number of rotatable bonds is 3. The van der Waals surface area contributed by atoms with Crippen molar-refractivity contribution in [2.45, 2.75) is 58.1 Å². The van der Waals surface area contributed by atoms with E-state index in [4.69, 9.17) is 4.74 Å². The topological polar surface area (TPSA) is 50.4 Å². The van der Waals surface area contributed by atoms with Crippen molar-refractivity contribution in [3.8, 4) is 0 Å². The first-order valence-electron chi connectivity index (χ1n) is 8.06. The fourth-order valence-electron chi connectivity index (χ4n) is 2.77. The van der Waals surface area contributed by atoms with Crippen LogP contribution >= 0.6 is 0 Å². The third-order valence-electron chi connectivity index (χ3n) is 3.95. The molecule has 0 bridgehead atoms. The van der Waals surface area contributed by atoms with Gasteiger partial charge in [-0.05, 0) is 37.8 Å². The molecule has 122 valence electrons. The first kappa shape index (κ1) is 16.8. The Hall–Kier alpha value is -1.55. The van der Waals surface area contributed by atoms with Crippen LogP contribution in [0.4, 0.5) is 4.79 Å². The SMILES string of the molecule is CC(C)c1ccc([C@@H]2CNC[C@@H]2NC(=O)OC(C)(C)C)cc1. The zero-order chi connectivity index (χ0) is 16.3. The zero-order valence-corrected chi connectivity index (χ0v) is 14.3. The molecule has 0 saturated carbocycles. The van der Waals surface area contributed by atoms with Crippen LogP contribution in [-0.2, 0) is 4.74 Å². The van der Waals surface area contributed by atoms with Gasteiger partial charge in [-0.3, -0.25) is 0 Å². The second-order valence-electron chi connectivity index (χ2n) is 7.34. The molecular formula is C18H28N2O2. The summed E-state index contributed by atoms with van der Waals surface area (Å²) in [6, 6.07) is 8.79. The van der Waals surface area contributed by atoms with Crippen molar-refractivity contribution >= 4 is 6.09 Å². The van der Waals surface area contributed by atoms with Gasteiger partial charge in [-0.25, -0.2) is 4.79 Å². The van der Waals surface area contributed by atoms with E-state index in [9.17, 15) is 4.79 Å². The molecule has 1 fully saturated rings. The summed E-state index contributed by atoms with van der Waals surface area (Å²) < 4.78 is 5.36. The number of carbonyl (C=O) groups excluding carboxylic acids is 1. The fourth-order valence-corrected chi connectivity index (χ4v) is 2.77. The van der Waals surface area contributed by atoms with Gasteiger partial charge in [0.2, 0.25) is 0 Å². The number of amides is 1. The van der Waals surface area contributed by atoms with Crippen molar-refractivity contribution < 1.29 is 9.53 Å². The van der Waals surface area contributed by atoms with Gasteiger partial charge in [0.15, 0.2) is 0 Å². The van der Waals surface area contributed by atoms with Crippen LogP contribution < -0.4 is 10.6 Å². The Bertz CT molecular complexity index is 503. The van der Waals surface area contributed by atoms with Crippen LogP contribution in [0.25, 0.3) is 0 Å². The predicted molar refractivity (Wildman–Crippen MR) is 89.3 cm³/mol. The average Bonchev–Trinajstić information content (AvgIpc) is 2.84. The molecule has 0 radical (unpaired) electrons. The third kappa shape index (κ3) is 4.47. The quantitative estimate of drug-likeness (QED) is 0.900. The number of ether oxygens (including phenoxy) is 1. The fraction of sp³-hybridized carbons (Fsp3) is 0.611. The summed E-state index contributed by atoms with van der Waals surface area (Å²) in [4.78, 5) is 12.0. The van der Waals surface area contributed by atoms with E-state index >= 15 is 0 Å². The molecule has 2 rings (SSSR count). The Kier molecular flexibility index (Phi) is 5.12.